The average Bonchev–Trinajstić information content (AvgIpc) is 3.65. The molecule has 0 spiro atoms. The van der Waals surface area contributed by atoms with Crippen LogP contribution >= 0.6 is 11.6 Å². The van der Waals surface area contributed by atoms with Crippen LogP contribution in [0.5, 0.6) is 0 Å². The summed E-state index contributed by atoms with van der Waals surface area (Å²) in [5.74, 6) is 0.341. The van der Waals surface area contributed by atoms with Crippen LogP contribution in [0.2, 0.25) is 5.02 Å². The molecular formula is C28H32ClN7O3. The van der Waals surface area contributed by atoms with Gasteiger partial charge in [0.2, 0.25) is 5.91 Å². The van der Waals surface area contributed by atoms with Crippen molar-refractivity contribution in [1.29, 1.82) is 0 Å². The Labute approximate surface area is 231 Å². The number of nitrogens with zero attached hydrogens (tertiary/aromatic N) is 4. The predicted molar refractivity (Wildman–Crippen MR) is 149 cm³/mol. The number of β-amino-alcohol motifs (C(OH)–C–C–N with tert-alkyl or cyclic N) is 1. The molecule has 3 heterocycles. The lowest BCUT2D eigenvalue weighted by Crippen LogP contribution is -2.50. The zero-order chi connectivity index (χ0) is 27.3. The summed E-state index contributed by atoms with van der Waals surface area (Å²) in [5.41, 5.74) is 8.98. The summed E-state index contributed by atoms with van der Waals surface area (Å²) in [4.78, 5) is 41.7. The number of aromatic nitrogens is 3. The SMILES string of the molecule is CC(O)CN1CCN(C(=O)c2ccc(-c3nc4ncc(Cl)c(NC5[C@@H](C(N)=O)[C@@H]6C=C[C@H]5C6)c4[nH]3)cc2)CC1. The summed E-state index contributed by atoms with van der Waals surface area (Å²) in [5, 5.41) is 13.5. The number of fused-ring (bicyclic) bond motifs is 3. The zero-order valence-electron chi connectivity index (χ0n) is 21.7. The zero-order valence-corrected chi connectivity index (χ0v) is 22.4. The lowest BCUT2D eigenvalue weighted by atomic mass is 9.88. The second kappa shape index (κ2) is 10.3. The highest BCUT2D eigenvalue weighted by Crippen LogP contribution is 2.46. The van der Waals surface area contributed by atoms with Gasteiger partial charge in [0.15, 0.2) is 5.65 Å². The molecule has 2 fully saturated rings. The minimum Gasteiger partial charge on any atom is -0.392 e. The smallest absolute Gasteiger partial charge is 0.253 e. The summed E-state index contributed by atoms with van der Waals surface area (Å²) in [6.07, 6.45) is 6.31. The van der Waals surface area contributed by atoms with Crippen LogP contribution in [-0.4, -0.2) is 86.5 Å². The summed E-state index contributed by atoms with van der Waals surface area (Å²) < 4.78 is 0. The summed E-state index contributed by atoms with van der Waals surface area (Å²) in [6.45, 7) is 5.16. The number of hydrogen-bond donors (Lipinski definition) is 4. The van der Waals surface area contributed by atoms with Crippen LogP contribution in [0.15, 0.2) is 42.6 Å². The number of amides is 2. The molecule has 2 bridgehead atoms. The van der Waals surface area contributed by atoms with Gasteiger partial charge in [0, 0.05) is 49.9 Å². The topological polar surface area (TPSA) is 140 Å². The number of carbonyl (C=O) groups excluding carboxylic acids is 2. The molecule has 2 aromatic heterocycles. The van der Waals surface area contributed by atoms with Crippen LogP contribution in [0.25, 0.3) is 22.6 Å². The molecule has 3 aromatic rings. The van der Waals surface area contributed by atoms with E-state index in [1.165, 1.54) is 0 Å². The van der Waals surface area contributed by atoms with Crippen molar-refractivity contribution in [2.45, 2.75) is 25.5 Å². The number of hydrogen-bond acceptors (Lipinski definition) is 7. The third-order valence-corrected chi connectivity index (χ3v) is 8.45. The number of primary amides is 1. The van der Waals surface area contributed by atoms with Crippen LogP contribution in [0.4, 0.5) is 5.69 Å². The normalized spacial score (nSPS) is 25.4. The molecule has 2 aliphatic carbocycles. The Balaban J connectivity index is 1.20. The molecule has 204 valence electrons. The van der Waals surface area contributed by atoms with Crippen molar-refractivity contribution in [3.05, 3.63) is 53.2 Å². The minimum absolute atomic E-state index is 0.00768. The van der Waals surface area contributed by atoms with Crippen molar-refractivity contribution in [2.75, 3.05) is 38.0 Å². The average molecular weight is 550 g/mol. The van der Waals surface area contributed by atoms with Crippen molar-refractivity contribution in [2.24, 2.45) is 23.5 Å². The fraction of sp³-hybridized carbons (Fsp3) is 0.429. The second-order valence-electron chi connectivity index (χ2n) is 10.8. The van der Waals surface area contributed by atoms with E-state index in [-0.39, 0.29) is 41.7 Å². The van der Waals surface area contributed by atoms with Crippen LogP contribution in [0.3, 0.4) is 0 Å². The van der Waals surface area contributed by atoms with Gasteiger partial charge in [-0.15, -0.1) is 0 Å². The van der Waals surface area contributed by atoms with Crippen LogP contribution < -0.4 is 11.1 Å². The number of benzene rings is 1. The summed E-state index contributed by atoms with van der Waals surface area (Å²) in [6, 6.07) is 7.21. The third kappa shape index (κ3) is 4.88. The third-order valence-electron chi connectivity index (χ3n) is 8.16. The van der Waals surface area contributed by atoms with Gasteiger partial charge in [-0.3, -0.25) is 14.5 Å². The standard InChI is InChI=1S/C28H32ClN7O3/c1-15(37)14-35-8-10-36(11-9-35)28(39)17-4-2-16(3-5-17)26-33-24-23(20(29)13-31-27(24)34-26)32-22-19-7-6-18(12-19)21(22)25(30)38/h2-7,13,15,18-19,21-22,37H,8-12,14H2,1H3,(H2,30,38)(H2,31,32,33,34)/t15?,18-,19+,21+,22?/m1/s1. The number of H-pyrrole nitrogens is 1. The van der Waals surface area contributed by atoms with Crippen LogP contribution in [-0.2, 0) is 4.79 Å². The lowest BCUT2D eigenvalue weighted by molar-refractivity contribution is -0.122. The van der Waals surface area contributed by atoms with Gasteiger partial charge in [0.1, 0.15) is 11.3 Å². The molecule has 10 nitrogen and oxygen atoms in total. The molecule has 1 aromatic carbocycles. The number of anilines is 1. The first-order valence-corrected chi connectivity index (χ1v) is 13.7. The van der Waals surface area contributed by atoms with Gasteiger partial charge in [-0.2, -0.15) is 0 Å². The summed E-state index contributed by atoms with van der Waals surface area (Å²) in [7, 11) is 0. The van der Waals surface area contributed by atoms with E-state index >= 15 is 0 Å². The van der Waals surface area contributed by atoms with E-state index in [1.54, 1.807) is 13.1 Å². The van der Waals surface area contributed by atoms with Crippen LogP contribution in [0, 0.1) is 17.8 Å². The van der Waals surface area contributed by atoms with E-state index in [9.17, 15) is 14.7 Å². The number of rotatable bonds is 7. The van der Waals surface area contributed by atoms with E-state index in [2.05, 4.69) is 37.3 Å². The number of nitrogens with two attached hydrogens (primary N) is 1. The Bertz CT molecular complexity index is 1430. The predicted octanol–water partition coefficient (Wildman–Crippen LogP) is 2.50. The van der Waals surface area contributed by atoms with Gasteiger partial charge < -0.3 is 26.0 Å². The number of aromatic amines is 1. The molecule has 5 N–H and O–H groups in total. The van der Waals surface area contributed by atoms with Crippen molar-refractivity contribution < 1.29 is 14.7 Å². The number of allylic oxidation sites excluding steroid dienone is 1. The molecule has 11 heteroatoms. The maximum atomic E-state index is 13.1. The molecule has 0 radical (unpaired) electrons. The number of imidazole rings is 1. The fourth-order valence-corrected chi connectivity index (χ4v) is 6.44. The highest BCUT2D eigenvalue weighted by Gasteiger charge is 2.47. The maximum Gasteiger partial charge on any atom is 0.253 e. The maximum absolute atomic E-state index is 13.1. The Hall–Kier alpha value is -3.47. The van der Waals surface area contributed by atoms with E-state index in [0.29, 0.717) is 52.9 Å². The number of piperazine rings is 1. The quantitative estimate of drug-likeness (QED) is 0.332. The van der Waals surface area contributed by atoms with Gasteiger partial charge in [-0.05, 0) is 37.3 Å². The van der Waals surface area contributed by atoms with E-state index in [4.69, 9.17) is 17.3 Å². The van der Waals surface area contributed by atoms with E-state index in [0.717, 1.165) is 25.1 Å². The number of nitrogens with one attached hydrogen (secondary N) is 2. The van der Waals surface area contributed by atoms with Crippen molar-refractivity contribution >= 4 is 40.3 Å². The largest absolute Gasteiger partial charge is 0.392 e. The molecule has 1 saturated heterocycles. The van der Waals surface area contributed by atoms with E-state index in [1.807, 2.05) is 29.2 Å². The molecule has 2 amide bonds. The molecule has 5 atom stereocenters. The van der Waals surface area contributed by atoms with Gasteiger partial charge >= 0.3 is 0 Å². The van der Waals surface area contributed by atoms with Crippen LogP contribution in [0.1, 0.15) is 23.7 Å². The Morgan fingerprint density at radius 2 is 1.90 bits per heavy atom. The highest BCUT2D eigenvalue weighted by atomic mass is 35.5. The molecule has 6 rings (SSSR count). The highest BCUT2D eigenvalue weighted by molar-refractivity contribution is 6.34. The first-order valence-electron chi connectivity index (χ1n) is 13.4. The second-order valence-corrected chi connectivity index (χ2v) is 11.2. The van der Waals surface area contributed by atoms with Gasteiger partial charge in [-0.25, -0.2) is 9.97 Å². The first-order chi connectivity index (χ1) is 18.8. The monoisotopic (exact) mass is 549 g/mol. The molecular weight excluding hydrogens is 518 g/mol. The Morgan fingerprint density at radius 1 is 1.18 bits per heavy atom. The Morgan fingerprint density at radius 3 is 2.59 bits per heavy atom. The van der Waals surface area contributed by atoms with Crippen molar-refractivity contribution in [3.8, 4) is 11.4 Å². The molecule has 2 unspecified atom stereocenters. The summed E-state index contributed by atoms with van der Waals surface area (Å²) >= 11 is 6.56. The first kappa shape index (κ1) is 25.8. The Kier molecular flexibility index (Phi) is 6.78. The van der Waals surface area contributed by atoms with Gasteiger partial charge in [0.05, 0.1) is 28.9 Å². The molecule has 3 aliphatic rings. The molecule has 39 heavy (non-hydrogen) atoms. The van der Waals surface area contributed by atoms with E-state index < -0.39 is 0 Å². The number of carbonyl (C=O) groups is 2. The van der Waals surface area contributed by atoms with Gasteiger partial charge in [-0.1, -0.05) is 35.9 Å². The number of aliphatic hydroxyl groups is 1. The molecule has 1 aliphatic heterocycles. The lowest BCUT2D eigenvalue weighted by Gasteiger charge is -2.35. The minimum atomic E-state index is -0.377. The number of aliphatic hydroxyl groups excluding tert-OH is 1. The molecule has 1 saturated carbocycles. The van der Waals surface area contributed by atoms with Crippen molar-refractivity contribution in [3.63, 3.8) is 0 Å². The fourth-order valence-electron chi connectivity index (χ4n) is 6.25. The van der Waals surface area contributed by atoms with Crippen molar-refractivity contribution in [1.82, 2.24) is 24.8 Å². The van der Waals surface area contributed by atoms with Gasteiger partial charge in [0.25, 0.3) is 5.91 Å². The number of halogens is 1. The number of pyridine rings is 1.